The molecule has 0 saturated carbocycles. The number of H-pyrrole nitrogens is 1. The normalized spacial score (nSPS) is 15.8. The van der Waals surface area contributed by atoms with Gasteiger partial charge in [-0.05, 0) is 12.1 Å². The number of piperazine rings is 1. The number of hydrogen-bond donors (Lipinski definition) is 0. The first-order chi connectivity index (χ1) is 9.92. The molecule has 3 rings (SSSR count). The number of nitrogens with one attached hydrogen (secondary N) is 1. The number of rotatable bonds is 3. The van der Waals surface area contributed by atoms with E-state index in [9.17, 15) is 0 Å². The van der Waals surface area contributed by atoms with Crippen molar-refractivity contribution in [1.29, 1.82) is 0 Å². The molecule has 2 aromatic rings. The summed E-state index contributed by atoms with van der Waals surface area (Å²) in [5.74, 6) is 1.17. The average Bonchev–Trinajstić information content (AvgIpc) is 2.55. The Morgan fingerprint density at radius 2 is 2.00 bits per heavy atom. The lowest BCUT2D eigenvalue weighted by Crippen LogP contribution is -2.45. The minimum absolute atomic E-state index is 0.930. The van der Waals surface area contributed by atoms with Gasteiger partial charge in [0.1, 0.15) is 13.1 Å². The first-order valence-corrected chi connectivity index (χ1v) is 6.82. The lowest BCUT2D eigenvalue weighted by molar-refractivity contribution is -0.364. The Balaban J connectivity index is 1.55. The Bertz CT molecular complexity index is 547. The standard InChI is InChI=1S/C15H17N5/c1-2-7-17-15(5-1)19-8-10-20(11-9-19)18-13-14-4-3-6-16-12-14/h1-7,12-13H,8-11H2/p+1/b18-13-. The van der Waals surface area contributed by atoms with Crippen LogP contribution in [0.15, 0.2) is 54.0 Å². The molecule has 1 aliphatic heterocycles. The Hall–Kier alpha value is -2.43. The van der Waals surface area contributed by atoms with Crippen molar-refractivity contribution in [3.05, 3.63) is 54.5 Å². The molecule has 0 aromatic carbocycles. The monoisotopic (exact) mass is 268 g/mol. The van der Waals surface area contributed by atoms with Gasteiger partial charge in [0, 0.05) is 24.0 Å². The molecule has 20 heavy (non-hydrogen) atoms. The third-order valence-electron chi connectivity index (χ3n) is 3.34. The van der Waals surface area contributed by atoms with E-state index >= 15 is 0 Å². The highest BCUT2D eigenvalue weighted by Crippen LogP contribution is 2.09. The molecule has 0 unspecified atom stereocenters. The Labute approximate surface area is 118 Å². The summed E-state index contributed by atoms with van der Waals surface area (Å²) < 4.78 is 0. The number of hydrogen-bond acceptors (Lipinski definition) is 4. The van der Waals surface area contributed by atoms with Crippen molar-refractivity contribution in [2.75, 3.05) is 31.1 Å². The fraction of sp³-hybridized carbons (Fsp3) is 0.267. The summed E-state index contributed by atoms with van der Waals surface area (Å²) in [5, 5.41) is 6.62. The predicted molar refractivity (Wildman–Crippen MR) is 78.6 cm³/mol. The second-order valence-electron chi connectivity index (χ2n) is 4.72. The van der Waals surface area contributed by atoms with Crippen LogP contribution in [0.5, 0.6) is 0 Å². The second-order valence-corrected chi connectivity index (χ2v) is 4.72. The van der Waals surface area contributed by atoms with Gasteiger partial charge in [0.05, 0.1) is 25.5 Å². The summed E-state index contributed by atoms with van der Waals surface area (Å²) in [4.78, 5) is 9.69. The molecule has 1 aliphatic rings. The van der Waals surface area contributed by atoms with E-state index in [0.29, 0.717) is 0 Å². The van der Waals surface area contributed by atoms with Gasteiger partial charge < -0.3 is 0 Å². The van der Waals surface area contributed by atoms with Crippen LogP contribution in [-0.4, -0.2) is 42.4 Å². The van der Waals surface area contributed by atoms with Crippen LogP contribution in [0.3, 0.4) is 0 Å². The highest BCUT2D eigenvalue weighted by Gasteiger charge is 2.21. The Kier molecular flexibility index (Phi) is 3.87. The number of hydrazone groups is 1. The molecule has 0 amide bonds. The van der Waals surface area contributed by atoms with Crippen LogP contribution in [0, 0.1) is 0 Å². The zero-order chi connectivity index (χ0) is 13.6. The van der Waals surface area contributed by atoms with Crippen molar-refractivity contribution >= 4 is 12.0 Å². The molecular formula is C15H18N5+. The van der Waals surface area contributed by atoms with Crippen molar-refractivity contribution in [3.8, 4) is 0 Å². The van der Waals surface area contributed by atoms with Crippen molar-refractivity contribution in [2.45, 2.75) is 0 Å². The summed E-state index contributed by atoms with van der Waals surface area (Å²) >= 11 is 0. The first kappa shape index (κ1) is 12.6. The number of aromatic amines is 1. The molecule has 1 N–H and O–H groups in total. The molecule has 102 valence electrons. The molecule has 3 heterocycles. The molecule has 1 saturated heterocycles. The number of nitrogens with zero attached hydrogens (tertiary/aromatic N) is 4. The second kappa shape index (κ2) is 6.14. The largest absolute Gasteiger partial charge is 0.289 e. The summed E-state index contributed by atoms with van der Waals surface area (Å²) in [6.07, 6.45) is 7.42. The van der Waals surface area contributed by atoms with Gasteiger partial charge in [-0.1, -0.05) is 12.1 Å². The molecule has 0 spiro atoms. The third kappa shape index (κ3) is 3.12. The van der Waals surface area contributed by atoms with Gasteiger partial charge in [-0.2, -0.15) is 5.10 Å². The van der Waals surface area contributed by atoms with Crippen LogP contribution in [0.25, 0.3) is 0 Å². The number of pyridine rings is 2. The molecule has 0 bridgehead atoms. The zero-order valence-corrected chi connectivity index (χ0v) is 11.3. The number of aromatic nitrogens is 2. The van der Waals surface area contributed by atoms with Crippen LogP contribution in [-0.2, 0) is 0 Å². The summed E-state index contributed by atoms with van der Waals surface area (Å²) in [6.45, 7) is 3.81. The van der Waals surface area contributed by atoms with Crippen molar-refractivity contribution < 1.29 is 4.98 Å². The van der Waals surface area contributed by atoms with E-state index in [1.165, 1.54) is 5.82 Å². The van der Waals surface area contributed by atoms with Gasteiger partial charge in [0.2, 0.25) is 0 Å². The van der Waals surface area contributed by atoms with E-state index in [2.05, 4.69) is 37.1 Å². The highest BCUT2D eigenvalue weighted by atomic mass is 15.5. The topological polar surface area (TPSA) is 45.9 Å². The Morgan fingerprint density at radius 1 is 1.10 bits per heavy atom. The van der Waals surface area contributed by atoms with E-state index in [1.54, 1.807) is 6.20 Å². The van der Waals surface area contributed by atoms with Crippen LogP contribution in [0.4, 0.5) is 5.82 Å². The molecule has 0 atom stereocenters. The van der Waals surface area contributed by atoms with Gasteiger partial charge >= 0.3 is 0 Å². The maximum atomic E-state index is 4.51. The molecule has 1 fully saturated rings. The summed E-state index contributed by atoms with van der Waals surface area (Å²) in [6, 6.07) is 10.1. The maximum absolute atomic E-state index is 4.51. The number of anilines is 1. The SMILES string of the molecule is C(=N/N1CCN(c2cccc[nH+]2)CC1)/c1cccnc1. The fourth-order valence-electron chi connectivity index (χ4n) is 2.23. The van der Waals surface area contributed by atoms with E-state index in [4.69, 9.17) is 0 Å². The van der Waals surface area contributed by atoms with Crippen LogP contribution in [0.1, 0.15) is 5.56 Å². The van der Waals surface area contributed by atoms with Gasteiger partial charge in [-0.3, -0.25) is 14.9 Å². The van der Waals surface area contributed by atoms with E-state index in [0.717, 1.165) is 31.7 Å². The highest BCUT2D eigenvalue weighted by molar-refractivity contribution is 5.78. The Morgan fingerprint density at radius 3 is 2.70 bits per heavy atom. The third-order valence-corrected chi connectivity index (χ3v) is 3.34. The lowest BCUT2D eigenvalue weighted by atomic mass is 10.3. The quantitative estimate of drug-likeness (QED) is 0.782. The molecule has 5 heteroatoms. The minimum Gasteiger partial charge on any atom is -0.289 e. The van der Waals surface area contributed by atoms with Crippen LogP contribution in [0.2, 0.25) is 0 Å². The molecule has 0 radical (unpaired) electrons. The van der Waals surface area contributed by atoms with E-state index in [-0.39, 0.29) is 0 Å². The molecule has 2 aromatic heterocycles. The van der Waals surface area contributed by atoms with Crippen LogP contribution < -0.4 is 9.88 Å². The summed E-state index contributed by atoms with van der Waals surface area (Å²) in [5.41, 5.74) is 1.03. The summed E-state index contributed by atoms with van der Waals surface area (Å²) in [7, 11) is 0. The molecular weight excluding hydrogens is 250 g/mol. The van der Waals surface area contributed by atoms with Gasteiger partial charge in [-0.15, -0.1) is 0 Å². The zero-order valence-electron chi connectivity index (χ0n) is 11.3. The minimum atomic E-state index is 0.930. The molecule has 0 aliphatic carbocycles. The van der Waals surface area contributed by atoms with Crippen molar-refractivity contribution in [3.63, 3.8) is 0 Å². The van der Waals surface area contributed by atoms with Crippen molar-refractivity contribution in [1.82, 2.24) is 9.99 Å². The van der Waals surface area contributed by atoms with E-state index < -0.39 is 0 Å². The fourth-order valence-corrected chi connectivity index (χ4v) is 2.23. The predicted octanol–water partition coefficient (Wildman–Crippen LogP) is 1.05. The van der Waals surface area contributed by atoms with Crippen LogP contribution >= 0.6 is 0 Å². The van der Waals surface area contributed by atoms with Crippen molar-refractivity contribution in [2.24, 2.45) is 5.10 Å². The average molecular weight is 268 g/mol. The molecule has 5 nitrogen and oxygen atoms in total. The smallest absolute Gasteiger partial charge is 0.274 e. The van der Waals surface area contributed by atoms with E-state index in [1.807, 2.05) is 36.8 Å². The van der Waals surface area contributed by atoms with Gasteiger partial charge in [0.25, 0.3) is 5.82 Å². The van der Waals surface area contributed by atoms with Gasteiger partial charge in [0.15, 0.2) is 0 Å². The maximum Gasteiger partial charge on any atom is 0.274 e. The van der Waals surface area contributed by atoms with Gasteiger partial charge in [-0.25, -0.2) is 4.98 Å². The lowest BCUT2D eigenvalue weighted by Gasteiger charge is -2.28. The first-order valence-electron chi connectivity index (χ1n) is 6.82.